The minimum absolute atomic E-state index is 0.0395. The van der Waals surface area contributed by atoms with Gasteiger partial charge in [0.1, 0.15) is 6.04 Å². The molecular weight excluding hydrogens is 278 g/mol. The van der Waals surface area contributed by atoms with Crippen LogP contribution in [0.4, 0.5) is 4.79 Å². The molecule has 8 nitrogen and oxygen atoms in total. The lowest BCUT2D eigenvalue weighted by Crippen LogP contribution is -2.53. The summed E-state index contributed by atoms with van der Waals surface area (Å²) in [4.78, 5) is 37.3. The van der Waals surface area contributed by atoms with Gasteiger partial charge in [0, 0.05) is 26.1 Å². The number of piperidine rings is 1. The summed E-state index contributed by atoms with van der Waals surface area (Å²) < 4.78 is 0. The van der Waals surface area contributed by atoms with E-state index in [1.54, 1.807) is 7.05 Å². The van der Waals surface area contributed by atoms with Crippen LogP contribution in [0.25, 0.3) is 0 Å². The van der Waals surface area contributed by atoms with Crippen molar-refractivity contribution in [3.8, 4) is 0 Å². The summed E-state index contributed by atoms with van der Waals surface area (Å²) in [5.41, 5.74) is 0. The molecule has 3 N–H and O–H groups in total. The Morgan fingerprint density at radius 1 is 1.38 bits per heavy atom. The molecule has 1 rings (SSSR count). The maximum atomic E-state index is 12.1. The van der Waals surface area contributed by atoms with Gasteiger partial charge in [-0.2, -0.15) is 0 Å². The zero-order valence-electron chi connectivity index (χ0n) is 12.4. The average Bonchev–Trinajstić information content (AvgIpc) is 2.41. The second kappa shape index (κ2) is 7.82. The van der Waals surface area contributed by atoms with Crippen LogP contribution in [-0.2, 0) is 9.59 Å². The SMILES string of the molecule is CN1CCCC(N(C)C(=O)N[C@@H](CCC(=O)O)C(=O)O)C1. The molecule has 2 atom stereocenters. The Balaban J connectivity index is 2.55. The van der Waals surface area contributed by atoms with Gasteiger partial charge in [-0.3, -0.25) is 4.79 Å². The van der Waals surface area contributed by atoms with Crippen molar-refractivity contribution in [3.05, 3.63) is 0 Å². The monoisotopic (exact) mass is 301 g/mol. The maximum Gasteiger partial charge on any atom is 0.326 e. The molecule has 0 radical (unpaired) electrons. The first-order chi connectivity index (χ1) is 9.81. The third kappa shape index (κ3) is 5.58. The van der Waals surface area contributed by atoms with Gasteiger partial charge < -0.3 is 25.3 Å². The van der Waals surface area contributed by atoms with Crippen LogP contribution < -0.4 is 5.32 Å². The normalized spacial score (nSPS) is 20.6. The molecule has 2 amide bonds. The predicted molar refractivity (Wildman–Crippen MR) is 75.1 cm³/mol. The van der Waals surface area contributed by atoms with Gasteiger partial charge >= 0.3 is 18.0 Å². The number of hydrogen-bond donors (Lipinski definition) is 3. The first-order valence-corrected chi connectivity index (χ1v) is 6.97. The first kappa shape index (κ1) is 17.2. The number of urea groups is 1. The summed E-state index contributed by atoms with van der Waals surface area (Å²) in [6, 6.07) is -1.62. The number of likely N-dealkylation sites (tertiary alicyclic amines) is 1. The smallest absolute Gasteiger partial charge is 0.326 e. The van der Waals surface area contributed by atoms with Gasteiger partial charge in [-0.15, -0.1) is 0 Å². The summed E-state index contributed by atoms with van der Waals surface area (Å²) in [5.74, 6) is -2.31. The molecule has 1 aliphatic heterocycles. The standard InChI is InChI=1S/C13H23N3O5/c1-15-7-3-4-9(8-15)16(2)13(21)14-10(12(19)20)5-6-11(17)18/h9-10H,3-8H2,1-2H3,(H,14,21)(H,17,18)(H,19,20)/t9?,10-/m0/s1. The first-order valence-electron chi connectivity index (χ1n) is 6.97. The van der Waals surface area contributed by atoms with E-state index in [0.29, 0.717) is 0 Å². The zero-order valence-corrected chi connectivity index (χ0v) is 12.4. The van der Waals surface area contributed by atoms with E-state index in [9.17, 15) is 14.4 Å². The van der Waals surface area contributed by atoms with Gasteiger partial charge in [-0.25, -0.2) is 9.59 Å². The summed E-state index contributed by atoms with van der Waals surface area (Å²) in [7, 11) is 3.61. The number of amides is 2. The molecule has 1 saturated heterocycles. The Kier molecular flexibility index (Phi) is 6.41. The summed E-state index contributed by atoms with van der Waals surface area (Å²) >= 11 is 0. The molecule has 0 aromatic rings. The second-order valence-corrected chi connectivity index (χ2v) is 5.44. The lowest BCUT2D eigenvalue weighted by Gasteiger charge is -2.36. The van der Waals surface area contributed by atoms with E-state index >= 15 is 0 Å². The van der Waals surface area contributed by atoms with Crippen molar-refractivity contribution in [1.29, 1.82) is 0 Å². The van der Waals surface area contributed by atoms with Gasteiger partial charge in [-0.05, 0) is 32.9 Å². The average molecular weight is 301 g/mol. The quantitative estimate of drug-likeness (QED) is 0.639. The van der Waals surface area contributed by atoms with Gasteiger partial charge in [0.2, 0.25) is 0 Å². The van der Waals surface area contributed by atoms with Crippen molar-refractivity contribution in [2.45, 2.75) is 37.8 Å². The number of likely N-dealkylation sites (N-methyl/N-ethyl adjacent to an activating group) is 2. The third-order valence-corrected chi connectivity index (χ3v) is 3.71. The highest BCUT2D eigenvalue weighted by Crippen LogP contribution is 2.13. The Morgan fingerprint density at radius 3 is 2.57 bits per heavy atom. The fourth-order valence-electron chi connectivity index (χ4n) is 2.40. The van der Waals surface area contributed by atoms with Crippen molar-refractivity contribution < 1.29 is 24.6 Å². The Morgan fingerprint density at radius 2 is 2.05 bits per heavy atom. The lowest BCUT2D eigenvalue weighted by atomic mass is 10.1. The van der Waals surface area contributed by atoms with Gasteiger partial charge in [-0.1, -0.05) is 0 Å². The Bertz CT molecular complexity index is 401. The Labute approximate surface area is 123 Å². The topological polar surface area (TPSA) is 110 Å². The Hall–Kier alpha value is -1.83. The molecule has 0 spiro atoms. The summed E-state index contributed by atoms with van der Waals surface area (Å²) in [6.07, 6.45) is 1.43. The van der Waals surface area contributed by atoms with Crippen LogP contribution in [0.3, 0.4) is 0 Å². The molecule has 21 heavy (non-hydrogen) atoms. The minimum atomic E-state index is -1.22. The van der Waals surface area contributed by atoms with E-state index in [2.05, 4.69) is 10.2 Å². The molecular formula is C13H23N3O5. The minimum Gasteiger partial charge on any atom is -0.481 e. The third-order valence-electron chi connectivity index (χ3n) is 3.71. The molecule has 1 fully saturated rings. The van der Waals surface area contributed by atoms with Crippen molar-refractivity contribution in [1.82, 2.24) is 15.1 Å². The largest absolute Gasteiger partial charge is 0.481 e. The summed E-state index contributed by atoms with van der Waals surface area (Å²) in [6.45, 7) is 1.74. The van der Waals surface area contributed by atoms with E-state index in [0.717, 1.165) is 25.9 Å². The number of carboxylic acid groups (broad SMARTS) is 2. The van der Waals surface area contributed by atoms with E-state index in [-0.39, 0.29) is 18.9 Å². The number of hydrogen-bond acceptors (Lipinski definition) is 4. The maximum absolute atomic E-state index is 12.1. The highest BCUT2D eigenvalue weighted by atomic mass is 16.4. The number of carbonyl (C=O) groups is 3. The molecule has 1 unspecified atom stereocenters. The van der Waals surface area contributed by atoms with Crippen LogP contribution in [0, 0.1) is 0 Å². The number of nitrogens with one attached hydrogen (secondary N) is 1. The van der Waals surface area contributed by atoms with Crippen LogP contribution in [0.5, 0.6) is 0 Å². The second-order valence-electron chi connectivity index (χ2n) is 5.44. The number of aliphatic carboxylic acids is 2. The number of nitrogens with zero attached hydrogens (tertiary/aromatic N) is 2. The molecule has 0 bridgehead atoms. The van der Waals surface area contributed by atoms with E-state index in [4.69, 9.17) is 10.2 Å². The van der Waals surface area contributed by atoms with Crippen LogP contribution >= 0.6 is 0 Å². The van der Waals surface area contributed by atoms with Crippen molar-refractivity contribution in [3.63, 3.8) is 0 Å². The van der Waals surface area contributed by atoms with Crippen molar-refractivity contribution in [2.24, 2.45) is 0 Å². The van der Waals surface area contributed by atoms with E-state index < -0.39 is 24.0 Å². The van der Waals surface area contributed by atoms with E-state index in [1.165, 1.54) is 4.90 Å². The predicted octanol–water partition coefficient (Wildman–Crippen LogP) is 0.0400. The van der Waals surface area contributed by atoms with Crippen molar-refractivity contribution >= 4 is 18.0 Å². The molecule has 1 aliphatic rings. The van der Waals surface area contributed by atoms with Crippen LogP contribution in [0.1, 0.15) is 25.7 Å². The highest BCUT2D eigenvalue weighted by Gasteiger charge is 2.27. The van der Waals surface area contributed by atoms with Gasteiger partial charge in [0.05, 0.1) is 0 Å². The molecule has 0 aliphatic carbocycles. The van der Waals surface area contributed by atoms with Gasteiger partial charge in [0.15, 0.2) is 0 Å². The van der Waals surface area contributed by atoms with Crippen LogP contribution in [0.15, 0.2) is 0 Å². The molecule has 0 aromatic heterocycles. The summed E-state index contributed by atoms with van der Waals surface area (Å²) in [5, 5.41) is 20.0. The van der Waals surface area contributed by atoms with Crippen LogP contribution in [0.2, 0.25) is 0 Å². The molecule has 1 heterocycles. The molecule has 120 valence electrons. The molecule has 0 aromatic carbocycles. The molecule has 8 heteroatoms. The lowest BCUT2D eigenvalue weighted by molar-refractivity contribution is -0.140. The number of carboxylic acids is 2. The number of rotatable bonds is 6. The number of carbonyl (C=O) groups excluding carboxylic acids is 1. The van der Waals surface area contributed by atoms with E-state index in [1.807, 2.05) is 7.05 Å². The fourth-order valence-corrected chi connectivity index (χ4v) is 2.40. The fraction of sp³-hybridized carbons (Fsp3) is 0.769. The van der Waals surface area contributed by atoms with Gasteiger partial charge in [0.25, 0.3) is 0 Å². The van der Waals surface area contributed by atoms with Crippen molar-refractivity contribution in [2.75, 3.05) is 27.2 Å². The molecule has 0 saturated carbocycles. The highest BCUT2D eigenvalue weighted by molar-refractivity contribution is 5.83. The zero-order chi connectivity index (χ0) is 16.0. The van der Waals surface area contributed by atoms with Crippen LogP contribution in [-0.4, -0.2) is 77.3 Å².